The van der Waals surface area contributed by atoms with Crippen LogP contribution in [0.25, 0.3) is 47.7 Å². The summed E-state index contributed by atoms with van der Waals surface area (Å²) in [6.07, 6.45) is 0. The highest BCUT2D eigenvalue weighted by atomic mass is 32.1. The summed E-state index contributed by atoms with van der Waals surface area (Å²) in [6.45, 7) is 9.23. The van der Waals surface area contributed by atoms with Gasteiger partial charge in [0.2, 0.25) is 0 Å². The molecule has 0 saturated heterocycles. The molecule has 2 aliphatic rings. The van der Waals surface area contributed by atoms with Gasteiger partial charge in [0.15, 0.2) is 0 Å². The van der Waals surface area contributed by atoms with Crippen molar-refractivity contribution in [1.82, 2.24) is 4.57 Å². The largest absolute Gasteiger partial charge is 0.311 e. The highest BCUT2D eigenvalue weighted by Gasteiger charge is 2.43. The Labute approximate surface area is 349 Å². The van der Waals surface area contributed by atoms with E-state index < -0.39 is 0 Å². The summed E-state index contributed by atoms with van der Waals surface area (Å²) in [4.78, 5) is 4.98. The van der Waals surface area contributed by atoms with E-state index in [-0.39, 0.29) is 6.71 Å². The number of hydrogen-bond donors (Lipinski definition) is 0. The molecule has 4 heterocycles. The van der Waals surface area contributed by atoms with E-state index in [9.17, 15) is 0 Å². The Morgan fingerprint density at radius 2 is 1.14 bits per heavy atom. The molecule has 2 aliphatic heterocycles. The summed E-state index contributed by atoms with van der Waals surface area (Å²) in [5.41, 5.74) is 17.6. The smallest absolute Gasteiger partial charge is 0.252 e. The van der Waals surface area contributed by atoms with E-state index in [1.165, 1.54) is 92.2 Å². The molecule has 0 aliphatic carbocycles. The van der Waals surface area contributed by atoms with E-state index in [4.69, 9.17) is 0 Å². The van der Waals surface area contributed by atoms with Gasteiger partial charge in [-0.2, -0.15) is 0 Å². The number of thiophene rings is 1. The third-order valence-corrected chi connectivity index (χ3v) is 14.0. The first-order valence-corrected chi connectivity index (χ1v) is 21.8. The number of para-hydroxylation sites is 3. The quantitative estimate of drug-likeness (QED) is 0.156. The van der Waals surface area contributed by atoms with Gasteiger partial charge in [-0.15, -0.1) is 11.3 Å². The van der Waals surface area contributed by atoms with E-state index in [0.717, 1.165) is 17.1 Å². The van der Waals surface area contributed by atoms with Crippen molar-refractivity contribution in [2.45, 2.75) is 39.5 Å². The van der Waals surface area contributed by atoms with Crippen LogP contribution in [0.1, 0.15) is 50.7 Å². The van der Waals surface area contributed by atoms with Crippen molar-refractivity contribution in [3.05, 3.63) is 181 Å². The number of nitrogens with zero attached hydrogens (tertiary/aromatic N) is 3. The molecule has 8 aromatic carbocycles. The van der Waals surface area contributed by atoms with Crippen LogP contribution in [0.4, 0.5) is 34.1 Å². The lowest BCUT2D eigenvalue weighted by atomic mass is 9.33. The second-order valence-electron chi connectivity index (χ2n) is 16.9. The molecule has 0 saturated carbocycles. The average Bonchev–Trinajstić information content (AvgIpc) is 3.80. The third-order valence-electron chi connectivity index (χ3n) is 12.9. The number of hydrogen-bond acceptors (Lipinski definition) is 3. The van der Waals surface area contributed by atoms with Crippen LogP contribution in [0.15, 0.2) is 170 Å². The Balaban J connectivity index is 1.25. The number of anilines is 6. The molecule has 0 fully saturated rings. The van der Waals surface area contributed by atoms with E-state index in [2.05, 4.69) is 212 Å². The van der Waals surface area contributed by atoms with Crippen LogP contribution in [-0.4, -0.2) is 11.3 Å². The molecule has 0 radical (unpaired) electrons. The average molecular weight is 776 g/mol. The van der Waals surface area contributed by atoms with Crippen molar-refractivity contribution in [2.24, 2.45) is 0 Å². The molecule has 2 aromatic heterocycles. The summed E-state index contributed by atoms with van der Waals surface area (Å²) in [5.74, 6) is 0.853. The molecule has 0 spiro atoms. The van der Waals surface area contributed by atoms with Gasteiger partial charge in [-0.25, -0.2) is 0 Å². The highest BCUT2D eigenvalue weighted by Crippen LogP contribution is 2.47. The summed E-state index contributed by atoms with van der Waals surface area (Å²) >= 11 is 1.90. The molecule has 5 heteroatoms. The fourth-order valence-corrected chi connectivity index (χ4v) is 11.2. The molecule has 10 aromatic rings. The molecule has 282 valence electrons. The molecular weight excluding hydrogens is 733 g/mol. The first kappa shape index (κ1) is 34.5. The van der Waals surface area contributed by atoms with Crippen LogP contribution >= 0.6 is 11.3 Å². The van der Waals surface area contributed by atoms with Gasteiger partial charge in [-0.05, 0) is 112 Å². The van der Waals surface area contributed by atoms with Gasteiger partial charge < -0.3 is 14.4 Å². The maximum atomic E-state index is 2.62. The van der Waals surface area contributed by atoms with E-state index in [1.807, 2.05) is 11.3 Å². The topological polar surface area (TPSA) is 11.4 Å². The molecule has 12 rings (SSSR count). The Hall–Kier alpha value is -6.56. The lowest BCUT2D eigenvalue weighted by molar-refractivity contribution is 0.866. The number of rotatable bonds is 6. The fraction of sp³-hybridized carbons (Fsp3) is 0.111. The fourth-order valence-electron chi connectivity index (χ4n) is 10.1. The van der Waals surface area contributed by atoms with Crippen molar-refractivity contribution in [3.8, 4) is 5.69 Å². The van der Waals surface area contributed by atoms with Gasteiger partial charge in [0.25, 0.3) is 6.71 Å². The zero-order valence-electron chi connectivity index (χ0n) is 33.6. The number of fused-ring (bicyclic) bond motifs is 10. The Kier molecular flexibility index (Phi) is 7.58. The van der Waals surface area contributed by atoms with Crippen molar-refractivity contribution in [2.75, 3.05) is 9.80 Å². The van der Waals surface area contributed by atoms with Gasteiger partial charge >= 0.3 is 0 Å². The first-order chi connectivity index (χ1) is 28.9. The van der Waals surface area contributed by atoms with Crippen molar-refractivity contribution in [1.29, 1.82) is 0 Å². The molecule has 59 heavy (non-hydrogen) atoms. The summed E-state index contributed by atoms with van der Waals surface area (Å²) in [5, 5.41) is 5.26. The lowest BCUT2D eigenvalue weighted by Gasteiger charge is -2.41. The molecule has 0 N–H and O–H groups in total. The van der Waals surface area contributed by atoms with Gasteiger partial charge in [-0.3, -0.25) is 0 Å². The monoisotopic (exact) mass is 775 g/mol. The summed E-state index contributed by atoms with van der Waals surface area (Å²) in [6, 6.07) is 64.1. The second kappa shape index (κ2) is 13.0. The van der Waals surface area contributed by atoms with Crippen LogP contribution in [0.2, 0.25) is 0 Å². The molecular formula is C54H42BN3S. The molecule has 0 atom stereocenters. The van der Waals surface area contributed by atoms with Crippen LogP contribution in [0.5, 0.6) is 0 Å². The van der Waals surface area contributed by atoms with Crippen molar-refractivity contribution < 1.29 is 0 Å². The zero-order valence-corrected chi connectivity index (χ0v) is 34.5. The predicted octanol–water partition coefficient (Wildman–Crippen LogP) is 13.5. The lowest BCUT2D eigenvalue weighted by Crippen LogP contribution is -2.60. The molecule has 3 nitrogen and oxygen atoms in total. The van der Waals surface area contributed by atoms with E-state index in [1.54, 1.807) is 0 Å². The molecule has 0 bridgehead atoms. The van der Waals surface area contributed by atoms with E-state index in [0.29, 0.717) is 11.8 Å². The third kappa shape index (κ3) is 5.07. The minimum atomic E-state index is 0.0540. The van der Waals surface area contributed by atoms with Gasteiger partial charge in [0.05, 0.1) is 11.2 Å². The predicted molar refractivity (Wildman–Crippen MR) is 256 cm³/mol. The maximum absolute atomic E-state index is 2.62. The Morgan fingerprint density at radius 3 is 1.86 bits per heavy atom. The first-order valence-electron chi connectivity index (χ1n) is 20.9. The summed E-state index contributed by atoms with van der Waals surface area (Å²) < 4.78 is 5.28. The minimum absolute atomic E-state index is 0.0540. The maximum Gasteiger partial charge on any atom is 0.252 e. The molecule has 0 unspecified atom stereocenters. The van der Waals surface area contributed by atoms with Crippen LogP contribution in [0, 0.1) is 0 Å². The minimum Gasteiger partial charge on any atom is -0.311 e. The molecule has 0 amide bonds. The van der Waals surface area contributed by atoms with Crippen LogP contribution < -0.4 is 26.2 Å². The van der Waals surface area contributed by atoms with Crippen molar-refractivity contribution in [3.63, 3.8) is 0 Å². The second-order valence-corrected chi connectivity index (χ2v) is 18.0. The van der Waals surface area contributed by atoms with Crippen LogP contribution in [0.3, 0.4) is 0 Å². The van der Waals surface area contributed by atoms with Crippen LogP contribution in [-0.2, 0) is 0 Å². The van der Waals surface area contributed by atoms with Gasteiger partial charge in [-0.1, -0.05) is 125 Å². The normalized spacial score (nSPS) is 13.0. The summed E-state index contributed by atoms with van der Waals surface area (Å²) in [7, 11) is 0. The standard InChI is InChI=1S/C54H42BN3S/c1-33(2)35-22-25-39(26-23-35)57-47-27-24-36(34(3)4)28-46(47)55-45-20-13-19-42-43-32-52-44(41-18-11-12-21-51(41)59-52)31-48(43)58(54(42)45)50-30-40(29-49(57)53(50)55)56(37-14-7-5-8-15-37)38-16-9-6-10-17-38/h5-34H,1-4H3. The SMILES string of the molecule is CC(C)c1ccc(N2c3ccc(C(C)C)cc3B3c4c2cc(N(c2ccccc2)c2ccccc2)cc4-n2c4cc5c(cc4c4cccc3c42)sc2ccccc25)cc1. The zero-order chi connectivity index (χ0) is 39.5. The number of aromatic nitrogens is 1. The highest BCUT2D eigenvalue weighted by molar-refractivity contribution is 7.25. The number of benzene rings is 8. The Bertz CT molecular complexity index is 3250. The van der Waals surface area contributed by atoms with Gasteiger partial charge in [0.1, 0.15) is 0 Å². The Morgan fingerprint density at radius 1 is 0.475 bits per heavy atom. The van der Waals surface area contributed by atoms with Crippen molar-refractivity contribution >= 4 is 111 Å². The van der Waals surface area contributed by atoms with Gasteiger partial charge in [0, 0.05) is 70.6 Å². The van der Waals surface area contributed by atoms with E-state index >= 15 is 0 Å².